The Balaban J connectivity index is 1.61. The molecule has 1 aliphatic heterocycles. The predicted octanol–water partition coefficient (Wildman–Crippen LogP) is 3.35. The molecule has 3 rings (SSSR count). The first-order valence-electron chi connectivity index (χ1n) is 9.73. The Hall–Kier alpha value is -2.74. The second-order valence-electron chi connectivity index (χ2n) is 6.94. The number of para-hydroxylation sites is 1. The molecule has 0 bridgehead atoms. The van der Waals surface area contributed by atoms with Gasteiger partial charge in [0.05, 0.1) is 5.56 Å². The number of aliphatic hydroxyl groups excluding tert-OH is 1. The third kappa shape index (κ3) is 5.63. The van der Waals surface area contributed by atoms with E-state index in [-0.39, 0.29) is 30.5 Å². The second kappa shape index (κ2) is 10.2. The summed E-state index contributed by atoms with van der Waals surface area (Å²) in [5.41, 5.74) is 0.850. The summed E-state index contributed by atoms with van der Waals surface area (Å²) in [6.07, 6.45) is 5.71. The van der Waals surface area contributed by atoms with Crippen LogP contribution in [0.15, 0.2) is 42.6 Å². The minimum absolute atomic E-state index is 0.0533. The standard InChI is InChI=1S/C21H25F2N3O3/c22-21(23)29-18-7-2-1-6-17(18)20(28)25-14-15-8-9-19(24-13-15)26-11-4-3-5-16(26)10-12-27/h1-2,6-9,13,16,21,27H,3-5,10-12,14H2,(H,25,28)/t16-/m1/s1. The van der Waals surface area contributed by atoms with E-state index in [0.29, 0.717) is 0 Å². The summed E-state index contributed by atoms with van der Waals surface area (Å²) >= 11 is 0. The van der Waals surface area contributed by atoms with Gasteiger partial charge in [0.1, 0.15) is 11.6 Å². The molecule has 0 radical (unpaired) electrons. The topological polar surface area (TPSA) is 74.7 Å². The number of alkyl halides is 2. The molecule has 1 amide bonds. The lowest BCUT2D eigenvalue weighted by Gasteiger charge is -2.36. The highest BCUT2D eigenvalue weighted by Crippen LogP contribution is 2.25. The van der Waals surface area contributed by atoms with E-state index in [1.54, 1.807) is 12.3 Å². The van der Waals surface area contributed by atoms with Crippen molar-refractivity contribution in [2.75, 3.05) is 18.1 Å². The van der Waals surface area contributed by atoms with E-state index in [1.165, 1.54) is 18.2 Å². The largest absolute Gasteiger partial charge is 0.434 e. The van der Waals surface area contributed by atoms with Gasteiger partial charge in [-0.25, -0.2) is 4.98 Å². The second-order valence-corrected chi connectivity index (χ2v) is 6.94. The van der Waals surface area contributed by atoms with Gasteiger partial charge in [-0.15, -0.1) is 0 Å². The Kier molecular flexibility index (Phi) is 7.35. The molecule has 1 saturated heterocycles. The zero-order valence-corrected chi connectivity index (χ0v) is 16.1. The first-order chi connectivity index (χ1) is 14.1. The summed E-state index contributed by atoms with van der Waals surface area (Å²) in [5, 5.41) is 12.0. The molecule has 29 heavy (non-hydrogen) atoms. The zero-order chi connectivity index (χ0) is 20.6. The number of amides is 1. The van der Waals surface area contributed by atoms with E-state index < -0.39 is 12.5 Å². The Morgan fingerprint density at radius 2 is 2.10 bits per heavy atom. The van der Waals surface area contributed by atoms with Crippen LogP contribution in [0, 0.1) is 0 Å². The van der Waals surface area contributed by atoms with Crippen LogP contribution in [-0.4, -0.2) is 41.8 Å². The van der Waals surface area contributed by atoms with Crippen LogP contribution >= 0.6 is 0 Å². The minimum Gasteiger partial charge on any atom is -0.434 e. The SMILES string of the molecule is O=C(NCc1ccc(N2CCCC[C@@H]2CCO)nc1)c1ccccc1OC(F)F. The fraction of sp³-hybridized carbons (Fsp3) is 0.429. The maximum absolute atomic E-state index is 12.5. The summed E-state index contributed by atoms with van der Waals surface area (Å²) in [5.74, 6) is 0.201. The Morgan fingerprint density at radius 3 is 2.83 bits per heavy atom. The zero-order valence-electron chi connectivity index (χ0n) is 16.1. The number of hydrogen-bond donors (Lipinski definition) is 2. The normalized spacial score (nSPS) is 16.7. The molecule has 2 aromatic rings. The number of nitrogens with zero attached hydrogens (tertiary/aromatic N) is 2. The van der Waals surface area contributed by atoms with Gasteiger partial charge in [0.25, 0.3) is 5.91 Å². The first-order valence-corrected chi connectivity index (χ1v) is 9.73. The van der Waals surface area contributed by atoms with E-state index in [2.05, 4.69) is 19.9 Å². The maximum Gasteiger partial charge on any atom is 0.387 e. The molecule has 2 N–H and O–H groups in total. The molecule has 156 valence electrons. The van der Waals surface area contributed by atoms with Crippen molar-refractivity contribution in [3.05, 3.63) is 53.7 Å². The monoisotopic (exact) mass is 405 g/mol. The molecule has 0 saturated carbocycles. The maximum atomic E-state index is 12.5. The molecule has 0 spiro atoms. The predicted molar refractivity (Wildman–Crippen MR) is 105 cm³/mol. The number of aliphatic hydroxyl groups is 1. The van der Waals surface area contributed by atoms with E-state index in [0.717, 1.165) is 43.6 Å². The van der Waals surface area contributed by atoms with Crippen LogP contribution in [0.2, 0.25) is 0 Å². The lowest BCUT2D eigenvalue weighted by Crippen LogP contribution is -2.40. The Labute approximate surface area is 168 Å². The molecule has 1 aliphatic rings. The van der Waals surface area contributed by atoms with Crippen LogP contribution in [0.5, 0.6) is 5.75 Å². The van der Waals surface area contributed by atoms with E-state index in [9.17, 15) is 18.7 Å². The number of aromatic nitrogens is 1. The lowest BCUT2D eigenvalue weighted by molar-refractivity contribution is -0.0501. The molecule has 1 aromatic carbocycles. The third-order valence-corrected chi connectivity index (χ3v) is 4.99. The number of hydrogen-bond acceptors (Lipinski definition) is 5. The highest BCUT2D eigenvalue weighted by Gasteiger charge is 2.23. The number of nitrogens with one attached hydrogen (secondary N) is 1. The van der Waals surface area contributed by atoms with Gasteiger partial charge in [-0.1, -0.05) is 18.2 Å². The molecule has 6 nitrogen and oxygen atoms in total. The summed E-state index contributed by atoms with van der Waals surface area (Å²) in [7, 11) is 0. The van der Waals surface area contributed by atoms with Gasteiger partial charge in [-0.2, -0.15) is 8.78 Å². The van der Waals surface area contributed by atoms with Crippen molar-refractivity contribution in [2.45, 2.75) is 44.9 Å². The van der Waals surface area contributed by atoms with Crippen LogP contribution < -0.4 is 15.0 Å². The van der Waals surface area contributed by atoms with Crippen LogP contribution in [0.4, 0.5) is 14.6 Å². The number of pyridine rings is 1. The van der Waals surface area contributed by atoms with Gasteiger partial charge in [0.2, 0.25) is 0 Å². The quantitative estimate of drug-likeness (QED) is 0.705. The van der Waals surface area contributed by atoms with E-state index >= 15 is 0 Å². The smallest absolute Gasteiger partial charge is 0.387 e. The van der Waals surface area contributed by atoms with Crippen molar-refractivity contribution < 1.29 is 23.4 Å². The molecule has 0 aliphatic carbocycles. The van der Waals surface area contributed by atoms with Crippen molar-refractivity contribution in [1.82, 2.24) is 10.3 Å². The van der Waals surface area contributed by atoms with Crippen molar-refractivity contribution in [2.24, 2.45) is 0 Å². The number of carbonyl (C=O) groups excluding carboxylic acids is 1. The number of halogens is 2. The van der Waals surface area contributed by atoms with Crippen LogP contribution in [0.1, 0.15) is 41.6 Å². The van der Waals surface area contributed by atoms with Crippen molar-refractivity contribution in [3.63, 3.8) is 0 Å². The molecule has 2 heterocycles. The van der Waals surface area contributed by atoms with Gasteiger partial charge in [0.15, 0.2) is 0 Å². The van der Waals surface area contributed by atoms with Crippen molar-refractivity contribution >= 4 is 11.7 Å². The molecular formula is C21H25F2N3O3. The third-order valence-electron chi connectivity index (χ3n) is 4.99. The minimum atomic E-state index is -3.00. The van der Waals surface area contributed by atoms with Gasteiger partial charge in [-0.05, 0) is 49.4 Å². The van der Waals surface area contributed by atoms with Gasteiger partial charge >= 0.3 is 6.61 Å². The first kappa shape index (κ1) is 21.0. The number of piperidine rings is 1. The fourth-order valence-electron chi connectivity index (χ4n) is 3.57. The summed E-state index contributed by atoms with van der Waals surface area (Å²) in [4.78, 5) is 19.1. The lowest BCUT2D eigenvalue weighted by atomic mass is 9.99. The average molecular weight is 405 g/mol. The summed E-state index contributed by atoms with van der Waals surface area (Å²) in [6, 6.07) is 9.97. The van der Waals surface area contributed by atoms with E-state index in [4.69, 9.17) is 0 Å². The van der Waals surface area contributed by atoms with Crippen LogP contribution in [0.3, 0.4) is 0 Å². The highest BCUT2D eigenvalue weighted by atomic mass is 19.3. The molecule has 8 heteroatoms. The summed E-state index contributed by atoms with van der Waals surface area (Å²) < 4.78 is 29.4. The van der Waals surface area contributed by atoms with Crippen LogP contribution in [0.25, 0.3) is 0 Å². The molecule has 1 fully saturated rings. The van der Waals surface area contributed by atoms with Gasteiger partial charge in [-0.3, -0.25) is 4.79 Å². The van der Waals surface area contributed by atoms with Gasteiger partial charge in [0, 0.05) is 31.9 Å². The number of ether oxygens (including phenoxy) is 1. The fourth-order valence-corrected chi connectivity index (χ4v) is 3.57. The molecule has 0 unspecified atom stereocenters. The van der Waals surface area contributed by atoms with E-state index in [1.807, 2.05) is 12.1 Å². The number of rotatable bonds is 8. The van der Waals surface area contributed by atoms with Crippen molar-refractivity contribution in [1.29, 1.82) is 0 Å². The van der Waals surface area contributed by atoms with Crippen LogP contribution in [-0.2, 0) is 6.54 Å². The highest BCUT2D eigenvalue weighted by molar-refractivity contribution is 5.96. The summed E-state index contributed by atoms with van der Waals surface area (Å²) in [6.45, 7) is -1.71. The van der Waals surface area contributed by atoms with Gasteiger partial charge < -0.3 is 20.1 Å². The molecule has 1 aromatic heterocycles. The number of anilines is 1. The average Bonchev–Trinajstić information content (AvgIpc) is 2.73. The molecule has 1 atom stereocenters. The number of benzene rings is 1. The van der Waals surface area contributed by atoms with Crippen molar-refractivity contribution in [3.8, 4) is 5.75 Å². The Bertz CT molecular complexity index is 800. The molecular weight excluding hydrogens is 380 g/mol. The Morgan fingerprint density at radius 1 is 1.28 bits per heavy atom. The number of carbonyl (C=O) groups is 1.